The summed E-state index contributed by atoms with van der Waals surface area (Å²) in [7, 11) is 0. The van der Waals surface area contributed by atoms with Crippen molar-refractivity contribution >= 4 is 35.0 Å². The number of hydrogen-bond acceptors (Lipinski definition) is 4. The highest BCUT2D eigenvalue weighted by atomic mass is 35.5. The van der Waals surface area contributed by atoms with Crippen LogP contribution in [0.25, 0.3) is 0 Å². The van der Waals surface area contributed by atoms with E-state index in [0.717, 1.165) is 12.0 Å². The van der Waals surface area contributed by atoms with E-state index in [1.807, 2.05) is 12.1 Å². The molecule has 1 aromatic carbocycles. The Morgan fingerprint density at radius 1 is 1.23 bits per heavy atom. The predicted octanol–water partition coefficient (Wildman–Crippen LogP) is 1.00. The average Bonchev–Trinajstić information content (AvgIpc) is 2.88. The average molecular weight is 383 g/mol. The van der Waals surface area contributed by atoms with E-state index < -0.39 is 0 Å². The maximum absolute atomic E-state index is 5.99. The topological polar surface area (TPSA) is 66.6 Å². The van der Waals surface area contributed by atoms with Gasteiger partial charge in [0.25, 0.3) is 11.1 Å². The molecule has 0 amide bonds. The molecule has 0 saturated carbocycles. The second-order valence-electron chi connectivity index (χ2n) is 5.27. The van der Waals surface area contributed by atoms with Crippen molar-refractivity contribution < 1.29 is 22.6 Å². The minimum Gasteiger partial charge on any atom is -1.00 e. The lowest BCUT2D eigenvalue weighted by Crippen LogP contribution is -3.00. The largest absolute Gasteiger partial charge is 1.00 e. The summed E-state index contributed by atoms with van der Waals surface area (Å²) in [6, 6.07) is 5.60. The second-order valence-corrected chi connectivity index (χ2v) is 7.01. The van der Waals surface area contributed by atoms with Gasteiger partial charge in [-0.15, -0.1) is 10.2 Å². The standard InChI is InChI=1S/C14H17Cl2N3OS.ClH/c1-8(2)5-12(17)13-18-19-14(20-13)21-7-9-3-4-10(15)11(16)6-9;/h3-4,6,8,12H,5,7,17H2,1-2H3;1H/t12-;/m0./s1. The molecular formula is C14H18Cl3N3OS. The Morgan fingerprint density at radius 3 is 2.59 bits per heavy atom. The molecule has 0 aliphatic carbocycles. The van der Waals surface area contributed by atoms with Gasteiger partial charge in [0.05, 0.1) is 10.0 Å². The van der Waals surface area contributed by atoms with Gasteiger partial charge in [-0.25, -0.2) is 0 Å². The van der Waals surface area contributed by atoms with E-state index in [1.54, 1.807) is 6.07 Å². The summed E-state index contributed by atoms with van der Waals surface area (Å²) in [5.74, 6) is 1.84. The zero-order chi connectivity index (χ0) is 15.4. The van der Waals surface area contributed by atoms with E-state index in [2.05, 4.69) is 29.8 Å². The first-order valence-corrected chi connectivity index (χ1v) is 8.43. The quantitative estimate of drug-likeness (QED) is 0.757. The van der Waals surface area contributed by atoms with Crippen LogP contribution in [0.15, 0.2) is 27.8 Å². The summed E-state index contributed by atoms with van der Waals surface area (Å²) >= 11 is 13.4. The van der Waals surface area contributed by atoms with Gasteiger partial charge < -0.3 is 22.6 Å². The van der Waals surface area contributed by atoms with Crippen LogP contribution in [0.2, 0.25) is 10.0 Å². The van der Waals surface area contributed by atoms with Crippen LogP contribution in [0, 0.1) is 5.92 Å². The first-order valence-electron chi connectivity index (χ1n) is 6.69. The molecular weight excluding hydrogens is 365 g/mol. The van der Waals surface area contributed by atoms with E-state index in [9.17, 15) is 0 Å². The number of quaternary nitrogens is 1. The smallest absolute Gasteiger partial charge is 0.277 e. The van der Waals surface area contributed by atoms with E-state index in [-0.39, 0.29) is 18.4 Å². The molecule has 1 atom stereocenters. The zero-order valence-electron chi connectivity index (χ0n) is 12.4. The minimum absolute atomic E-state index is 0. The van der Waals surface area contributed by atoms with Crippen molar-refractivity contribution in [3.05, 3.63) is 39.7 Å². The van der Waals surface area contributed by atoms with Crippen LogP contribution in [0.5, 0.6) is 0 Å². The second kappa shape index (κ2) is 8.99. The number of rotatable bonds is 6. The van der Waals surface area contributed by atoms with Crippen molar-refractivity contribution in [1.82, 2.24) is 10.2 Å². The summed E-state index contributed by atoms with van der Waals surface area (Å²) in [6.07, 6.45) is 0.930. The monoisotopic (exact) mass is 381 g/mol. The molecule has 22 heavy (non-hydrogen) atoms. The van der Waals surface area contributed by atoms with Crippen molar-refractivity contribution in [2.24, 2.45) is 5.92 Å². The Balaban J connectivity index is 0.00000242. The number of thioether (sulfide) groups is 1. The van der Waals surface area contributed by atoms with Crippen molar-refractivity contribution in [2.45, 2.75) is 37.3 Å². The molecule has 0 unspecified atom stereocenters. The minimum atomic E-state index is 0. The fraction of sp³-hybridized carbons (Fsp3) is 0.429. The number of nitrogens with zero attached hydrogens (tertiary/aromatic N) is 2. The molecule has 0 spiro atoms. The van der Waals surface area contributed by atoms with Crippen molar-refractivity contribution in [3.8, 4) is 0 Å². The fourth-order valence-electron chi connectivity index (χ4n) is 1.89. The molecule has 3 N–H and O–H groups in total. The van der Waals surface area contributed by atoms with Gasteiger partial charge in [-0.1, -0.05) is 54.9 Å². The molecule has 8 heteroatoms. The van der Waals surface area contributed by atoms with E-state index >= 15 is 0 Å². The van der Waals surface area contributed by atoms with Crippen LogP contribution in [0.1, 0.15) is 37.8 Å². The Labute approximate surface area is 150 Å². The van der Waals surface area contributed by atoms with E-state index in [0.29, 0.717) is 32.8 Å². The summed E-state index contributed by atoms with van der Waals surface area (Å²) in [4.78, 5) is 0. The van der Waals surface area contributed by atoms with Crippen LogP contribution in [0.3, 0.4) is 0 Å². The van der Waals surface area contributed by atoms with Crippen LogP contribution in [-0.4, -0.2) is 10.2 Å². The molecule has 2 aromatic rings. The van der Waals surface area contributed by atoms with Crippen LogP contribution in [0.4, 0.5) is 0 Å². The van der Waals surface area contributed by atoms with Gasteiger partial charge in [0.15, 0.2) is 6.04 Å². The third-order valence-electron chi connectivity index (χ3n) is 2.87. The van der Waals surface area contributed by atoms with Gasteiger partial charge in [0.2, 0.25) is 0 Å². The van der Waals surface area contributed by atoms with Crippen molar-refractivity contribution in [2.75, 3.05) is 0 Å². The molecule has 4 nitrogen and oxygen atoms in total. The molecule has 0 bridgehead atoms. The number of hydrogen-bond donors (Lipinski definition) is 1. The first kappa shape index (κ1) is 19.6. The van der Waals surface area contributed by atoms with Crippen LogP contribution >= 0.6 is 35.0 Å². The highest BCUT2D eigenvalue weighted by molar-refractivity contribution is 7.98. The molecule has 2 rings (SSSR count). The lowest BCUT2D eigenvalue weighted by molar-refractivity contribution is -0.435. The summed E-state index contributed by atoms with van der Waals surface area (Å²) in [5.41, 5.74) is 5.12. The first-order chi connectivity index (χ1) is 9.95. The lowest BCUT2D eigenvalue weighted by atomic mass is 10.1. The van der Waals surface area contributed by atoms with E-state index in [4.69, 9.17) is 27.6 Å². The molecule has 0 aliphatic rings. The normalized spacial score (nSPS) is 12.3. The maximum atomic E-state index is 5.99. The third kappa shape index (κ3) is 5.63. The molecule has 122 valence electrons. The summed E-state index contributed by atoms with van der Waals surface area (Å²) in [5, 5.41) is 9.77. The van der Waals surface area contributed by atoms with Gasteiger partial charge in [0.1, 0.15) is 0 Å². The molecule has 0 fully saturated rings. The third-order valence-corrected chi connectivity index (χ3v) is 4.50. The zero-order valence-corrected chi connectivity index (χ0v) is 15.4. The van der Waals surface area contributed by atoms with Gasteiger partial charge in [-0.05, 0) is 23.6 Å². The molecule has 0 saturated heterocycles. The molecule has 0 radical (unpaired) electrons. The SMILES string of the molecule is CC(C)C[C@H]([NH3+])c1nnc(SCc2ccc(Cl)c(Cl)c2)o1.[Cl-]. The number of aromatic nitrogens is 2. The highest BCUT2D eigenvalue weighted by Gasteiger charge is 2.19. The Hall–Kier alpha value is -0.460. The highest BCUT2D eigenvalue weighted by Crippen LogP contribution is 2.28. The maximum Gasteiger partial charge on any atom is 0.277 e. The predicted molar refractivity (Wildman–Crippen MR) is 85.4 cm³/mol. The van der Waals surface area contributed by atoms with E-state index in [1.165, 1.54) is 11.8 Å². The Morgan fingerprint density at radius 2 is 1.95 bits per heavy atom. The molecule has 1 aromatic heterocycles. The van der Waals surface area contributed by atoms with Gasteiger partial charge in [0, 0.05) is 12.2 Å². The summed E-state index contributed by atoms with van der Waals surface area (Å²) < 4.78 is 5.64. The molecule has 0 aliphatic heterocycles. The lowest BCUT2D eigenvalue weighted by Gasteiger charge is -2.05. The Kier molecular flexibility index (Phi) is 8.00. The molecule has 1 heterocycles. The van der Waals surface area contributed by atoms with Crippen molar-refractivity contribution in [3.63, 3.8) is 0 Å². The van der Waals surface area contributed by atoms with Gasteiger partial charge in [-0.2, -0.15) is 0 Å². The number of halogens is 3. The Bertz CT molecular complexity index is 607. The van der Waals surface area contributed by atoms with Crippen molar-refractivity contribution in [1.29, 1.82) is 0 Å². The van der Waals surface area contributed by atoms with Crippen LogP contribution in [-0.2, 0) is 5.75 Å². The van der Waals surface area contributed by atoms with Crippen LogP contribution < -0.4 is 18.1 Å². The summed E-state index contributed by atoms with van der Waals surface area (Å²) in [6.45, 7) is 4.29. The van der Waals surface area contributed by atoms with Gasteiger partial charge >= 0.3 is 0 Å². The van der Waals surface area contributed by atoms with Gasteiger partial charge in [-0.3, -0.25) is 0 Å². The number of benzene rings is 1. The fourth-order valence-corrected chi connectivity index (χ4v) is 2.92.